The molecular formula is C9H12ClFN2. The standard InChI is InChI=1S/C9H11FN2.ClH/c10-6-9(7-12-11)8-4-2-1-3-5-8;/h1-6,12H,7,11H2;1H/b9-6-;. The first-order chi connectivity index (χ1) is 5.88. The van der Waals surface area contributed by atoms with E-state index < -0.39 is 0 Å². The van der Waals surface area contributed by atoms with Crippen molar-refractivity contribution in [2.45, 2.75) is 0 Å². The Morgan fingerprint density at radius 2 is 2.00 bits per heavy atom. The van der Waals surface area contributed by atoms with Gasteiger partial charge in [0.2, 0.25) is 0 Å². The third kappa shape index (κ3) is 3.55. The summed E-state index contributed by atoms with van der Waals surface area (Å²) in [5.74, 6) is 5.08. The Kier molecular flexibility index (Phi) is 6.14. The number of benzene rings is 1. The molecule has 0 saturated heterocycles. The number of halogens is 2. The Hall–Kier alpha value is -0.900. The molecule has 0 aliphatic heterocycles. The first-order valence-corrected chi connectivity index (χ1v) is 3.66. The highest BCUT2D eigenvalue weighted by Gasteiger charge is 1.98. The molecule has 1 rings (SSSR count). The molecule has 1 aromatic carbocycles. The lowest BCUT2D eigenvalue weighted by molar-refractivity contribution is 0.714. The van der Waals surface area contributed by atoms with Crippen LogP contribution < -0.4 is 11.3 Å². The largest absolute Gasteiger partial charge is 0.271 e. The molecule has 3 N–H and O–H groups in total. The Morgan fingerprint density at radius 3 is 2.46 bits per heavy atom. The van der Waals surface area contributed by atoms with Crippen molar-refractivity contribution in [1.82, 2.24) is 5.43 Å². The topological polar surface area (TPSA) is 38.0 Å². The predicted molar refractivity (Wildman–Crippen MR) is 55.0 cm³/mol. The summed E-state index contributed by atoms with van der Waals surface area (Å²) >= 11 is 0. The van der Waals surface area contributed by atoms with Gasteiger partial charge < -0.3 is 0 Å². The molecule has 1 aromatic rings. The van der Waals surface area contributed by atoms with Gasteiger partial charge in [0.15, 0.2) is 0 Å². The van der Waals surface area contributed by atoms with Crippen molar-refractivity contribution in [2.24, 2.45) is 5.84 Å². The highest BCUT2D eigenvalue weighted by Crippen LogP contribution is 2.12. The maximum absolute atomic E-state index is 12.3. The molecule has 4 heteroatoms. The summed E-state index contributed by atoms with van der Waals surface area (Å²) in [6.45, 7) is 0.334. The van der Waals surface area contributed by atoms with Crippen molar-refractivity contribution >= 4 is 18.0 Å². The molecule has 72 valence electrons. The average molecular weight is 203 g/mol. The summed E-state index contributed by atoms with van der Waals surface area (Å²) < 4.78 is 12.3. The lowest BCUT2D eigenvalue weighted by Gasteiger charge is -2.03. The van der Waals surface area contributed by atoms with Gasteiger partial charge in [0.1, 0.15) is 0 Å². The van der Waals surface area contributed by atoms with Crippen molar-refractivity contribution in [2.75, 3.05) is 6.54 Å². The van der Waals surface area contributed by atoms with Crippen molar-refractivity contribution in [3.63, 3.8) is 0 Å². The van der Waals surface area contributed by atoms with Crippen LogP contribution in [0, 0.1) is 0 Å². The van der Waals surface area contributed by atoms with Crippen LogP contribution in [0.2, 0.25) is 0 Å². The maximum Gasteiger partial charge on any atom is 0.0918 e. The fourth-order valence-corrected chi connectivity index (χ4v) is 0.966. The van der Waals surface area contributed by atoms with Crippen LogP contribution in [-0.4, -0.2) is 6.54 Å². The second-order valence-electron chi connectivity index (χ2n) is 2.38. The molecule has 2 nitrogen and oxygen atoms in total. The van der Waals surface area contributed by atoms with Crippen LogP contribution in [0.5, 0.6) is 0 Å². The van der Waals surface area contributed by atoms with E-state index in [1.807, 2.05) is 30.3 Å². The van der Waals surface area contributed by atoms with Gasteiger partial charge >= 0.3 is 0 Å². The molecule has 0 aromatic heterocycles. The molecule has 0 saturated carbocycles. The minimum atomic E-state index is 0. The second-order valence-corrected chi connectivity index (χ2v) is 2.38. The molecular weight excluding hydrogens is 191 g/mol. The van der Waals surface area contributed by atoms with Gasteiger partial charge in [-0.05, 0) is 5.56 Å². The lowest BCUT2D eigenvalue weighted by Crippen LogP contribution is -2.23. The molecule has 0 spiro atoms. The quantitative estimate of drug-likeness (QED) is 0.580. The summed E-state index contributed by atoms with van der Waals surface area (Å²) in [5.41, 5.74) is 3.81. The maximum atomic E-state index is 12.3. The summed E-state index contributed by atoms with van der Waals surface area (Å²) in [6, 6.07) is 9.27. The van der Waals surface area contributed by atoms with E-state index in [9.17, 15) is 4.39 Å². The molecule has 0 aliphatic carbocycles. The summed E-state index contributed by atoms with van der Waals surface area (Å²) in [4.78, 5) is 0. The lowest BCUT2D eigenvalue weighted by atomic mass is 10.1. The highest BCUT2D eigenvalue weighted by molar-refractivity contribution is 5.85. The molecule has 0 amide bonds. The van der Waals surface area contributed by atoms with Crippen LogP contribution in [0.4, 0.5) is 4.39 Å². The van der Waals surface area contributed by atoms with E-state index in [1.54, 1.807) is 0 Å². The average Bonchev–Trinajstić information content (AvgIpc) is 2.15. The molecule has 13 heavy (non-hydrogen) atoms. The van der Waals surface area contributed by atoms with Crippen molar-refractivity contribution in [3.8, 4) is 0 Å². The number of hydrogen-bond donors (Lipinski definition) is 2. The van der Waals surface area contributed by atoms with Crippen LogP contribution in [0.1, 0.15) is 5.56 Å². The van der Waals surface area contributed by atoms with E-state index in [4.69, 9.17) is 5.84 Å². The van der Waals surface area contributed by atoms with Crippen LogP contribution in [-0.2, 0) is 0 Å². The summed E-state index contributed by atoms with van der Waals surface area (Å²) in [7, 11) is 0. The monoisotopic (exact) mass is 202 g/mol. The zero-order chi connectivity index (χ0) is 8.81. The Bertz CT molecular complexity index is 262. The number of nitrogens with two attached hydrogens (primary N) is 1. The first-order valence-electron chi connectivity index (χ1n) is 3.66. The molecule has 0 heterocycles. The molecule has 0 bridgehead atoms. The zero-order valence-electron chi connectivity index (χ0n) is 7.03. The fourth-order valence-electron chi connectivity index (χ4n) is 0.966. The van der Waals surface area contributed by atoms with Crippen molar-refractivity contribution < 1.29 is 4.39 Å². The molecule has 0 aliphatic rings. The number of nitrogens with one attached hydrogen (secondary N) is 1. The molecule has 0 radical (unpaired) electrons. The Labute approximate surface area is 83.0 Å². The van der Waals surface area contributed by atoms with Gasteiger partial charge in [-0.15, -0.1) is 12.4 Å². The molecule has 0 atom stereocenters. The minimum absolute atomic E-state index is 0. The molecule has 0 unspecified atom stereocenters. The number of hydrazine groups is 1. The van der Waals surface area contributed by atoms with Gasteiger partial charge in [-0.1, -0.05) is 30.3 Å². The van der Waals surface area contributed by atoms with Gasteiger partial charge in [0.05, 0.1) is 6.33 Å². The smallest absolute Gasteiger partial charge is 0.0918 e. The third-order valence-corrected chi connectivity index (χ3v) is 1.57. The van der Waals surface area contributed by atoms with Gasteiger partial charge in [-0.3, -0.25) is 11.3 Å². The van der Waals surface area contributed by atoms with Crippen molar-refractivity contribution in [1.29, 1.82) is 0 Å². The zero-order valence-corrected chi connectivity index (χ0v) is 7.85. The number of hydrogen-bond acceptors (Lipinski definition) is 2. The van der Waals surface area contributed by atoms with Gasteiger partial charge in [0, 0.05) is 12.1 Å². The fraction of sp³-hybridized carbons (Fsp3) is 0.111. The summed E-state index contributed by atoms with van der Waals surface area (Å²) in [5, 5.41) is 0. The second kappa shape index (κ2) is 6.60. The van der Waals surface area contributed by atoms with Gasteiger partial charge in [-0.25, -0.2) is 4.39 Å². The van der Waals surface area contributed by atoms with E-state index in [-0.39, 0.29) is 12.4 Å². The highest BCUT2D eigenvalue weighted by atomic mass is 35.5. The Morgan fingerprint density at radius 1 is 1.38 bits per heavy atom. The Balaban J connectivity index is 0.00000144. The van der Waals surface area contributed by atoms with Crippen molar-refractivity contribution in [3.05, 3.63) is 42.2 Å². The van der Waals surface area contributed by atoms with Crippen LogP contribution in [0.25, 0.3) is 5.57 Å². The third-order valence-electron chi connectivity index (χ3n) is 1.57. The minimum Gasteiger partial charge on any atom is -0.271 e. The number of rotatable bonds is 3. The normalized spacial score (nSPS) is 10.8. The molecule has 0 fully saturated rings. The predicted octanol–water partition coefficient (Wildman–Crippen LogP) is 1.88. The first kappa shape index (κ1) is 12.1. The van der Waals surface area contributed by atoms with E-state index in [1.165, 1.54) is 0 Å². The van der Waals surface area contributed by atoms with E-state index >= 15 is 0 Å². The van der Waals surface area contributed by atoms with Crippen LogP contribution >= 0.6 is 12.4 Å². The SMILES string of the molecule is Cl.NNC/C(=C/F)c1ccccc1. The van der Waals surface area contributed by atoms with Crippen LogP contribution in [0.3, 0.4) is 0 Å². The summed E-state index contributed by atoms with van der Waals surface area (Å²) in [6.07, 6.45) is 0.565. The van der Waals surface area contributed by atoms with E-state index in [0.717, 1.165) is 5.56 Å². The van der Waals surface area contributed by atoms with Gasteiger partial charge in [-0.2, -0.15) is 0 Å². The van der Waals surface area contributed by atoms with E-state index in [0.29, 0.717) is 18.4 Å². The van der Waals surface area contributed by atoms with Gasteiger partial charge in [0.25, 0.3) is 0 Å². The van der Waals surface area contributed by atoms with E-state index in [2.05, 4.69) is 5.43 Å². The van der Waals surface area contributed by atoms with Crippen LogP contribution in [0.15, 0.2) is 36.7 Å².